The maximum absolute atomic E-state index is 7.08. The monoisotopic (exact) mass is 424 g/mol. The quantitative estimate of drug-likeness (QED) is 0.134. The Kier molecular flexibility index (Phi) is 12.7. The first-order valence-electron chi connectivity index (χ1n) is 11.4. The van der Waals surface area contributed by atoms with Crippen molar-refractivity contribution in [2.24, 2.45) is 5.92 Å². The van der Waals surface area contributed by atoms with Crippen LogP contribution in [0.15, 0.2) is 11.6 Å². The van der Waals surface area contributed by atoms with Crippen molar-refractivity contribution in [3.8, 4) is 12.3 Å². The molecule has 0 saturated heterocycles. The average Bonchev–Trinajstić information content (AvgIpc) is 2.57. The van der Waals surface area contributed by atoms with E-state index in [2.05, 4.69) is 67.4 Å². The van der Waals surface area contributed by atoms with Gasteiger partial charge in [-0.3, -0.25) is 0 Å². The lowest BCUT2D eigenvalue weighted by molar-refractivity contribution is -0.178. The minimum atomic E-state index is -2.04. The minimum absolute atomic E-state index is 0.0184. The van der Waals surface area contributed by atoms with E-state index in [9.17, 15) is 0 Å². The maximum atomic E-state index is 7.08. The summed E-state index contributed by atoms with van der Waals surface area (Å²) in [5.74, 6) is 2.95. The third-order valence-electron chi connectivity index (χ3n) is 5.68. The van der Waals surface area contributed by atoms with Crippen molar-refractivity contribution in [2.45, 2.75) is 131 Å². The molecule has 170 valence electrons. The molecule has 0 radical (unpaired) electrons. The van der Waals surface area contributed by atoms with Gasteiger partial charge in [0.05, 0.1) is 18.3 Å². The van der Waals surface area contributed by atoms with Crippen LogP contribution in [0.5, 0.6) is 0 Å². The molecule has 0 aromatic rings. The first-order chi connectivity index (χ1) is 13.3. The Balaban J connectivity index is 5.80. The predicted molar refractivity (Wildman–Crippen MR) is 129 cm³/mol. The minimum Gasteiger partial charge on any atom is -0.408 e. The van der Waals surface area contributed by atoms with Gasteiger partial charge in [-0.25, -0.2) is 0 Å². The van der Waals surface area contributed by atoms with Crippen molar-refractivity contribution >= 4 is 8.32 Å². The first-order valence-corrected chi connectivity index (χ1v) is 13.5. The van der Waals surface area contributed by atoms with Crippen molar-refractivity contribution in [3.63, 3.8) is 0 Å². The highest BCUT2D eigenvalue weighted by atomic mass is 28.4. The summed E-state index contributed by atoms with van der Waals surface area (Å²) in [5.41, 5.74) is 2.73. The normalized spacial score (nSPS) is 15.8. The molecule has 0 amide bonds. The van der Waals surface area contributed by atoms with Crippen LogP contribution in [-0.2, 0) is 13.9 Å². The molecule has 0 aliphatic rings. The Bertz CT molecular complexity index is 497. The molecule has 0 rings (SSSR count). The van der Waals surface area contributed by atoms with Gasteiger partial charge in [-0.2, -0.15) is 0 Å². The highest BCUT2D eigenvalue weighted by molar-refractivity contribution is 6.77. The molecule has 3 nitrogen and oxygen atoms in total. The average molecular weight is 425 g/mol. The Morgan fingerprint density at radius 1 is 0.828 bits per heavy atom. The molecule has 29 heavy (non-hydrogen) atoms. The van der Waals surface area contributed by atoms with Gasteiger partial charge in [0.2, 0.25) is 8.32 Å². The molecule has 0 N–H and O–H groups in total. The lowest BCUT2D eigenvalue weighted by Crippen LogP contribution is -2.51. The van der Waals surface area contributed by atoms with Crippen LogP contribution in [0.2, 0.25) is 16.6 Å². The standard InChI is InChI=1S/C25H48O3Si/c1-14-22(12)25(28-29(19(6)7,20(8)9)21(10)11)23(13)15-16-24(26-17(2)3)27-18(4)5/h1,15,17-22,24-25H,16H2,2-13H3/b23-15+/t22-,25-/m0/s1. The second-order valence-electron chi connectivity index (χ2n) is 9.79. The van der Waals surface area contributed by atoms with E-state index in [1.807, 2.05) is 27.7 Å². The van der Waals surface area contributed by atoms with E-state index in [0.29, 0.717) is 23.0 Å². The predicted octanol–water partition coefficient (Wildman–Crippen LogP) is 7.33. The molecule has 0 aliphatic heterocycles. The SMILES string of the molecule is C#C[C@H](C)[C@H](O[Si](C(C)C)(C(C)C)C(C)C)/C(C)=C/CC(OC(C)C)OC(C)C. The summed E-state index contributed by atoms with van der Waals surface area (Å²) in [7, 11) is -2.04. The van der Waals surface area contributed by atoms with E-state index in [1.165, 1.54) is 5.57 Å². The summed E-state index contributed by atoms with van der Waals surface area (Å²) in [4.78, 5) is 0. The van der Waals surface area contributed by atoms with Gasteiger partial charge in [0.15, 0.2) is 6.29 Å². The molecule has 0 aromatic carbocycles. The number of hydrogen-bond donors (Lipinski definition) is 0. The smallest absolute Gasteiger partial charge is 0.201 e. The fraction of sp³-hybridized carbons (Fsp3) is 0.840. The van der Waals surface area contributed by atoms with Crippen LogP contribution in [-0.4, -0.2) is 32.9 Å². The molecule has 0 heterocycles. The van der Waals surface area contributed by atoms with Crippen LogP contribution >= 0.6 is 0 Å². The molecular weight excluding hydrogens is 376 g/mol. The largest absolute Gasteiger partial charge is 0.408 e. The Labute approximate surface area is 183 Å². The topological polar surface area (TPSA) is 27.7 Å². The van der Waals surface area contributed by atoms with Crippen LogP contribution in [0.4, 0.5) is 0 Å². The van der Waals surface area contributed by atoms with Crippen LogP contribution < -0.4 is 0 Å². The van der Waals surface area contributed by atoms with E-state index in [-0.39, 0.29) is 30.5 Å². The van der Waals surface area contributed by atoms with Crippen LogP contribution in [0.25, 0.3) is 0 Å². The lowest BCUT2D eigenvalue weighted by Gasteiger charge is -2.45. The van der Waals surface area contributed by atoms with Gasteiger partial charge < -0.3 is 13.9 Å². The van der Waals surface area contributed by atoms with E-state index in [4.69, 9.17) is 20.3 Å². The highest BCUT2D eigenvalue weighted by Gasteiger charge is 2.47. The Hall–Kier alpha value is -0.603. The van der Waals surface area contributed by atoms with Gasteiger partial charge >= 0.3 is 0 Å². The fourth-order valence-electron chi connectivity index (χ4n) is 4.45. The third-order valence-corrected chi connectivity index (χ3v) is 11.8. The Morgan fingerprint density at radius 2 is 1.24 bits per heavy atom. The van der Waals surface area contributed by atoms with Crippen molar-refractivity contribution in [1.29, 1.82) is 0 Å². The summed E-state index contributed by atoms with van der Waals surface area (Å²) in [6.45, 7) is 26.2. The second kappa shape index (κ2) is 12.9. The zero-order valence-corrected chi connectivity index (χ0v) is 22.2. The summed E-state index contributed by atoms with van der Waals surface area (Å²) in [5, 5.41) is 0. The van der Waals surface area contributed by atoms with E-state index in [0.717, 1.165) is 0 Å². The summed E-state index contributed by atoms with van der Waals surface area (Å²) in [6.07, 6.45) is 8.66. The first kappa shape index (κ1) is 28.4. The van der Waals surface area contributed by atoms with Crippen LogP contribution in [0.3, 0.4) is 0 Å². The Morgan fingerprint density at radius 3 is 1.55 bits per heavy atom. The molecule has 0 spiro atoms. The van der Waals surface area contributed by atoms with Gasteiger partial charge in [-0.05, 0) is 63.7 Å². The van der Waals surface area contributed by atoms with Crippen molar-refractivity contribution in [3.05, 3.63) is 11.6 Å². The highest BCUT2D eigenvalue weighted by Crippen LogP contribution is 2.44. The zero-order chi connectivity index (χ0) is 22.9. The molecule has 0 fully saturated rings. The van der Waals surface area contributed by atoms with Gasteiger partial charge in [0, 0.05) is 12.3 Å². The third kappa shape index (κ3) is 8.57. The van der Waals surface area contributed by atoms with E-state index in [1.54, 1.807) is 0 Å². The van der Waals surface area contributed by atoms with Crippen molar-refractivity contribution in [2.75, 3.05) is 0 Å². The van der Waals surface area contributed by atoms with Gasteiger partial charge in [-0.15, -0.1) is 12.3 Å². The lowest BCUT2D eigenvalue weighted by atomic mass is 9.98. The summed E-state index contributed by atoms with van der Waals surface area (Å²) in [6, 6.07) is 0. The molecular formula is C25H48O3Si. The summed E-state index contributed by atoms with van der Waals surface area (Å²) < 4.78 is 19.0. The summed E-state index contributed by atoms with van der Waals surface area (Å²) >= 11 is 0. The maximum Gasteiger partial charge on any atom is 0.201 e. The molecule has 0 saturated carbocycles. The second-order valence-corrected chi connectivity index (χ2v) is 15.2. The van der Waals surface area contributed by atoms with Gasteiger partial charge in [0.25, 0.3) is 0 Å². The van der Waals surface area contributed by atoms with Gasteiger partial charge in [0.1, 0.15) is 0 Å². The van der Waals surface area contributed by atoms with E-state index < -0.39 is 8.32 Å². The van der Waals surface area contributed by atoms with Crippen LogP contribution in [0.1, 0.15) is 89.5 Å². The van der Waals surface area contributed by atoms with Crippen molar-refractivity contribution in [1.82, 2.24) is 0 Å². The number of rotatable bonds is 13. The molecule has 4 heteroatoms. The molecule has 0 aliphatic carbocycles. The van der Waals surface area contributed by atoms with Crippen LogP contribution in [0, 0.1) is 18.3 Å². The fourth-order valence-corrected chi connectivity index (χ4v) is 10.1. The molecule has 0 bridgehead atoms. The number of ether oxygens (including phenoxy) is 2. The number of terminal acetylenes is 1. The molecule has 0 aromatic heterocycles. The zero-order valence-electron chi connectivity index (χ0n) is 21.2. The molecule has 0 unspecified atom stereocenters. The van der Waals surface area contributed by atoms with E-state index >= 15 is 0 Å². The van der Waals surface area contributed by atoms with Gasteiger partial charge in [-0.1, -0.05) is 47.6 Å². The van der Waals surface area contributed by atoms with Crippen molar-refractivity contribution < 1.29 is 13.9 Å². The number of hydrogen-bond acceptors (Lipinski definition) is 3. The molecule has 2 atom stereocenters.